The van der Waals surface area contributed by atoms with Crippen molar-refractivity contribution in [2.24, 2.45) is 5.10 Å². The van der Waals surface area contributed by atoms with Gasteiger partial charge in [-0.05, 0) is 36.8 Å². The van der Waals surface area contributed by atoms with Gasteiger partial charge in [0.2, 0.25) is 0 Å². The molecule has 1 aliphatic rings. The number of hydrazone groups is 1. The van der Waals surface area contributed by atoms with Gasteiger partial charge in [0.05, 0.1) is 23.4 Å². The number of non-ortho nitro benzene ring substituents is 1. The van der Waals surface area contributed by atoms with Gasteiger partial charge >= 0.3 is 0 Å². The first-order valence-corrected chi connectivity index (χ1v) is 11.7. The highest BCUT2D eigenvalue weighted by atomic mass is 16.6. The first kappa shape index (κ1) is 24.9. The van der Waals surface area contributed by atoms with Crippen molar-refractivity contribution in [3.8, 4) is 5.75 Å². The van der Waals surface area contributed by atoms with Crippen molar-refractivity contribution in [3.63, 3.8) is 0 Å². The molecule has 0 unspecified atom stereocenters. The zero-order chi connectivity index (χ0) is 25.5. The first-order valence-electron chi connectivity index (χ1n) is 11.7. The van der Waals surface area contributed by atoms with E-state index in [0.717, 1.165) is 49.7 Å². The number of carbonyl (C=O) groups is 1. The Morgan fingerprint density at radius 3 is 2.42 bits per heavy atom. The van der Waals surface area contributed by atoms with Gasteiger partial charge in [-0.3, -0.25) is 19.8 Å². The lowest BCUT2D eigenvalue weighted by atomic mass is 10.1. The topological polar surface area (TPSA) is 100 Å². The third-order valence-electron chi connectivity index (χ3n) is 6.22. The summed E-state index contributed by atoms with van der Waals surface area (Å²) in [6.07, 6.45) is 0. The number of amides is 1. The fraction of sp³-hybridized carbons (Fsp3) is 0.259. The summed E-state index contributed by atoms with van der Waals surface area (Å²) in [6.45, 7) is 6.21. The molecule has 0 bridgehead atoms. The van der Waals surface area contributed by atoms with E-state index in [2.05, 4.69) is 26.4 Å². The molecule has 1 N–H and O–H groups in total. The van der Waals surface area contributed by atoms with E-state index in [0.29, 0.717) is 16.8 Å². The summed E-state index contributed by atoms with van der Waals surface area (Å²) >= 11 is 0. The number of hydrogen-bond donors (Lipinski definition) is 1. The maximum Gasteiger partial charge on any atom is 0.271 e. The largest absolute Gasteiger partial charge is 0.495 e. The summed E-state index contributed by atoms with van der Waals surface area (Å²) in [5.41, 5.74) is 6.32. The average Bonchev–Trinajstić information content (AvgIpc) is 2.92. The summed E-state index contributed by atoms with van der Waals surface area (Å²) in [4.78, 5) is 27.8. The van der Waals surface area contributed by atoms with Crippen LogP contribution in [-0.2, 0) is 6.54 Å². The fourth-order valence-electron chi connectivity index (χ4n) is 4.17. The normalized spacial score (nSPS) is 14.4. The van der Waals surface area contributed by atoms with Crippen LogP contribution >= 0.6 is 0 Å². The van der Waals surface area contributed by atoms with Crippen LogP contribution in [0.5, 0.6) is 5.75 Å². The number of ether oxygens (including phenoxy) is 1. The number of nitro benzene ring substituents is 1. The Morgan fingerprint density at radius 1 is 1.00 bits per heavy atom. The molecule has 3 aromatic carbocycles. The summed E-state index contributed by atoms with van der Waals surface area (Å²) < 4.78 is 5.50. The molecule has 0 aliphatic carbocycles. The van der Waals surface area contributed by atoms with Crippen LogP contribution in [0.3, 0.4) is 0 Å². The summed E-state index contributed by atoms with van der Waals surface area (Å²) in [5.74, 6) is 0.557. The highest BCUT2D eigenvalue weighted by molar-refractivity contribution is 6.01. The van der Waals surface area contributed by atoms with Gasteiger partial charge in [-0.2, -0.15) is 5.10 Å². The summed E-state index contributed by atoms with van der Waals surface area (Å²) in [5, 5.41) is 15.1. The lowest BCUT2D eigenvalue weighted by molar-refractivity contribution is -0.384. The number of nitrogens with one attached hydrogen (secondary N) is 1. The van der Waals surface area contributed by atoms with Gasteiger partial charge in [-0.25, -0.2) is 5.43 Å². The molecule has 0 radical (unpaired) electrons. The van der Waals surface area contributed by atoms with Crippen LogP contribution in [0.15, 0.2) is 77.9 Å². The smallest absolute Gasteiger partial charge is 0.271 e. The maximum absolute atomic E-state index is 12.5. The van der Waals surface area contributed by atoms with E-state index in [-0.39, 0.29) is 11.6 Å². The second-order valence-corrected chi connectivity index (χ2v) is 8.58. The predicted octanol–water partition coefficient (Wildman–Crippen LogP) is 4.08. The van der Waals surface area contributed by atoms with E-state index >= 15 is 0 Å². The molecule has 9 nitrogen and oxygen atoms in total. The minimum Gasteiger partial charge on any atom is -0.495 e. The number of nitro groups is 1. The average molecular weight is 488 g/mol. The summed E-state index contributed by atoms with van der Waals surface area (Å²) in [6, 6.07) is 21.7. The second-order valence-electron chi connectivity index (χ2n) is 8.58. The van der Waals surface area contributed by atoms with E-state index in [1.54, 1.807) is 38.3 Å². The van der Waals surface area contributed by atoms with Crippen LogP contribution in [0, 0.1) is 10.1 Å². The predicted molar refractivity (Wildman–Crippen MR) is 140 cm³/mol. The number of piperazine rings is 1. The van der Waals surface area contributed by atoms with Crippen LogP contribution in [0.4, 0.5) is 11.4 Å². The molecule has 4 rings (SSSR count). The van der Waals surface area contributed by atoms with Crippen molar-refractivity contribution >= 4 is 23.0 Å². The first-order chi connectivity index (χ1) is 17.4. The molecule has 1 amide bonds. The fourth-order valence-corrected chi connectivity index (χ4v) is 4.17. The number of rotatable bonds is 8. The molecule has 0 atom stereocenters. The van der Waals surface area contributed by atoms with E-state index in [9.17, 15) is 14.9 Å². The molecule has 0 aromatic heterocycles. The molecule has 1 aliphatic heterocycles. The van der Waals surface area contributed by atoms with Crippen LogP contribution in [-0.4, -0.2) is 54.7 Å². The molecule has 0 saturated carbocycles. The van der Waals surface area contributed by atoms with Gasteiger partial charge in [0, 0.05) is 56.0 Å². The number of hydrogen-bond acceptors (Lipinski definition) is 7. The molecular weight excluding hydrogens is 458 g/mol. The second kappa shape index (κ2) is 11.5. The molecule has 9 heteroatoms. The van der Waals surface area contributed by atoms with E-state index < -0.39 is 4.92 Å². The van der Waals surface area contributed by atoms with Crippen molar-refractivity contribution < 1.29 is 14.5 Å². The Balaban J connectivity index is 1.30. The van der Waals surface area contributed by atoms with Crippen molar-refractivity contribution in [1.82, 2.24) is 10.3 Å². The van der Waals surface area contributed by atoms with E-state index in [1.807, 2.05) is 30.3 Å². The number of nitrogens with zero attached hydrogens (tertiary/aromatic N) is 4. The molecule has 1 heterocycles. The monoisotopic (exact) mass is 487 g/mol. The lowest BCUT2D eigenvalue weighted by Crippen LogP contribution is -2.46. The number of methoxy groups -OCH3 is 1. The third-order valence-corrected chi connectivity index (χ3v) is 6.22. The van der Waals surface area contributed by atoms with Gasteiger partial charge in [0.25, 0.3) is 11.6 Å². The number of para-hydroxylation sites is 2. The Bertz CT molecular complexity index is 1250. The quantitative estimate of drug-likeness (QED) is 0.292. The molecule has 1 fully saturated rings. The van der Waals surface area contributed by atoms with Crippen molar-refractivity contribution in [2.75, 3.05) is 38.2 Å². The van der Waals surface area contributed by atoms with Gasteiger partial charge in [-0.15, -0.1) is 0 Å². The maximum atomic E-state index is 12.5. The minimum absolute atomic E-state index is 0.0230. The Labute approximate surface area is 210 Å². The molecule has 1 saturated heterocycles. The van der Waals surface area contributed by atoms with Gasteiger partial charge in [0.15, 0.2) is 0 Å². The standard InChI is InChI=1S/C27H29N5O4/c1-20(23-6-5-7-24(18-23)32(34)35)28-29-27(33)22-12-10-21(11-13-22)19-30-14-16-31(17-15-30)25-8-3-4-9-26(25)36-2/h3-13,18H,14-17,19H2,1-2H3,(H,29,33)/b28-20-. The van der Waals surface area contributed by atoms with Crippen LogP contribution < -0.4 is 15.1 Å². The minimum atomic E-state index is -0.461. The Morgan fingerprint density at radius 2 is 1.72 bits per heavy atom. The number of benzene rings is 3. The summed E-state index contributed by atoms with van der Waals surface area (Å²) in [7, 11) is 1.70. The van der Waals surface area contributed by atoms with Crippen LogP contribution in [0.2, 0.25) is 0 Å². The molecule has 0 spiro atoms. The molecule has 186 valence electrons. The SMILES string of the molecule is COc1ccccc1N1CCN(Cc2ccc(C(=O)N/N=C(/C)c3cccc([N+](=O)[O-])c3)cc2)CC1. The third kappa shape index (κ3) is 6.05. The Hall–Kier alpha value is -4.24. The van der Waals surface area contributed by atoms with Crippen molar-refractivity contribution in [3.05, 3.63) is 99.6 Å². The van der Waals surface area contributed by atoms with Gasteiger partial charge in [-0.1, -0.05) is 36.4 Å². The lowest BCUT2D eigenvalue weighted by Gasteiger charge is -2.36. The highest BCUT2D eigenvalue weighted by Crippen LogP contribution is 2.28. The zero-order valence-corrected chi connectivity index (χ0v) is 20.4. The molecular formula is C27H29N5O4. The van der Waals surface area contributed by atoms with E-state index in [4.69, 9.17) is 4.74 Å². The molecule has 3 aromatic rings. The molecule has 36 heavy (non-hydrogen) atoms. The zero-order valence-electron chi connectivity index (χ0n) is 20.4. The van der Waals surface area contributed by atoms with Crippen LogP contribution in [0.25, 0.3) is 0 Å². The highest BCUT2D eigenvalue weighted by Gasteiger charge is 2.19. The van der Waals surface area contributed by atoms with Gasteiger partial charge in [0.1, 0.15) is 5.75 Å². The van der Waals surface area contributed by atoms with Crippen molar-refractivity contribution in [2.45, 2.75) is 13.5 Å². The number of carbonyl (C=O) groups excluding carboxylic acids is 1. The van der Waals surface area contributed by atoms with Gasteiger partial charge < -0.3 is 9.64 Å². The number of anilines is 1. The van der Waals surface area contributed by atoms with Crippen molar-refractivity contribution in [1.29, 1.82) is 0 Å². The Kier molecular flexibility index (Phi) is 7.92. The van der Waals surface area contributed by atoms with Crippen LogP contribution in [0.1, 0.15) is 28.4 Å². The van der Waals surface area contributed by atoms with E-state index in [1.165, 1.54) is 12.1 Å².